The van der Waals surface area contributed by atoms with E-state index in [1.54, 1.807) is 19.1 Å². The van der Waals surface area contributed by atoms with Gasteiger partial charge in [0.2, 0.25) is 10.0 Å². The molecule has 2 aromatic heterocycles. The molecule has 98 valence electrons. The molecule has 0 atom stereocenters. The molecule has 0 unspecified atom stereocenters. The fraction of sp³-hybridized carbons (Fsp3) is 0.300. The number of hydrogen-bond acceptors (Lipinski definition) is 5. The van der Waals surface area contributed by atoms with Crippen LogP contribution in [-0.4, -0.2) is 29.5 Å². The molecule has 0 bridgehead atoms. The van der Waals surface area contributed by atoms with Gasteiger partial charge in [-0.3, -0.25) is 5.10 Å². The lowest BCUT2D eigenvalue weighted by atomic mass is 10.4. The van der Waals surface area contributed by atoms with Crippen LogP contribution in [0, 0.1) is 0 Å². The molecule has 0 saturated heterocycles. The van der Waals surface area contributed by atoms with Gasteiger partial charge in [-0.15, -0.1) is 0 Å². The van der Waals surface area contributed by atoms with Gasteiger partial charge < -0.3 is 10.2 Å². The molecule has 0 aliphatic carbocycles. The highest BCUT2D eigenvalue weighted by atomic mass is 32.2. The van der Waals surface area contributed by atoms with Crippen LogP contribution in [0.3, 0.4) is 0 Å². The summed E-state index contributed by atoms with van der Waals surface area (Å²) in [5, 5.41) is 6.03. The molecule has 2 aromatic rings. The van der Waals surface area contributed by atoms with Gasteiger partial charge in [-0.25, -0.2) is 8.42 Å². The zero-order valence-electron chi connectivity index (χ0n) is 9.83. The summed E-state index contributed by atoms with van der Waals surface area (Å²) in [5.41, 5.74) is 5.55. The average molecular weight is 270 g/mol. The third-order valence-corrected chi connectivity index (χ3v) is 4.46. The van der Waals surface area contributed by atoms with Gasteiger partial charge in [0.05, 0.1) is 19.0 Å². The number of hydrogen-bond donors (Lipinski definition) is 2. The minimum Gasteiger partial charge on any atom is -0.468 e. The van der Waals surface area contributed by atoms with Crippen molar-refractivity contribution in [1.82, 2.24) is 14.5 Å². The number of H-pyrrole nitrogens is 1. The molecule has 0 amide bonds. The maximum Gasteiger partial charge on any atom is 0.248 e. The van der Waals surface area contributed by atoms with Gasteiger partial charge in [-0.05, 0) is 12.1 Å². The molecule has 7 nitrogen and oxygen atoms in total. The Hall–Kier alpha value is -1.80. The Labute approximate surface area is 105 Å². The van der Waals surface area contributed by atoms with Crippen molar-refractivity contribution < 1.29 is 12.8 Å². The first-order chi connectivity index (χ1) is 8.55. The summed E-state index contributed by atoms with van der Waals surface area (Å²) in [4.78, 5) is -0.0177. The minimum atomic E-state index is -3.66. The second kappa shape index (κ2) is 4.83. The van der Waals surface area contributed by atoms with Crippen molar-refractivity contribution in [3.8, 4) is 0 Å². The Morgan fingerprint density at radius 3 is 2.83 bits per heavy atom. The van der Waals surface area contributed by atoms with E-state index in [0.29, 0.717) is 12.3 Å². The van der Waals surface area contributed by atoms with Crippen LogP contribution in [0.15, 0.2) is 33.9 Å². The molecule has 0 radical (unpaired) electrons. The number of nitrogens with zero attached hydrogens (tertiary/aromatic N) is 2. The molecule has 18 heavy (non-hydrogen) atoms. The lowest BCUT2D eigenvalue weighted by molar-refractivity contribution is 0.375. The van der Waals surface area contributed by atoms with E-state index >= 15 is 0 Å². The molecule has 2 rings (SSSR count). The summed E-state index contributed by atoms with van der Waals surface area (Å²) in [6.07, 6.45) is 2.71. The molecule has 0 fully saturated rings. The van der Waals surface area contributed by atoms with Gasteiger partial charge >= 0.3 is 0 Å². The quantitative estimate of drug-likeness (QED) is 0.835. The number of anilines is 1. The SMILES string of the molecule is CCN(Cc1ccco1)S(=O)(=O)c1cn[nH]c1N. The van der Waals surface area contributed by atoms with Gasteiger partial charge in [0.25, 0.3) is 0 Å². The third kappa shape index (κ3) is 2.24. The fourth-order valence-corrected chi connectivity index (χ4v) is 3.00. The van der Waals surface area contributed by atoms with Crippen molar-refractivity contribution in [2.24, 2.45) is 0 Å². The lowest BCUT2D eigenvalue weighted by Gasteiger charge is -2.18. The van der Waals surface area contributed by atoms with E-state index in [4.69, 9.17) is 10.2 Å². The van der Waals surface area contributed by atoms with Crippen LogP contribution in [0.1, 0.15) is 12.7 Å². The van der Waals surface area contributed by atoms with Crippen molar-refractivity contribution in [2.45, 2.75) is 18.4 Å². The number of furan rings is 1. The van der Waals surface area contributed by atoms with Crippen LogP contribution >= 0.6 is 0 Å². The molecule has 0 aliphatic heterocycles. The first-order valence-corrected chi connectivity index (χ1v) is 6.81. The minimum absolute atomic E-state index is 0.0177. The number of nitrogens with one attached hydrogen (secondary N) is 1. The van der Waals surface area contributed by atoms with Gasteiger partial charge in [-0.2, -0.15) is 9.40 Å². The summed E-state index contributed by atoms with van der Waals surface area (Å²) in [6, 6.07) is 3.43. The fourth-order valence-electron chi connectivity index (χ4n) is 1.57. The van der Waals surface area contributed by atoms with E-state index in [9.17, 15) is 8.42 Å². The maximum absolute atomic E-state index is 12.3. The van der Waals surface area contributed by atoms with Gasteiger partial charge in [-0.1, -0.05) is 6.92 Å². The summed E-state index contributed by atoms with van der Waals surface area (Å²) in [5.74, 6) is 0.607. The highest BCUT2D eigenvalue weighted by Crippen LogP contribution is 2.21. The number of aromatic nitrogens is 2. The third-order valence-electron chi connectivity index (χ3n) is 2.52. The number of rotatable bonds is 5. The predicted octanol–water partition coefficient (Wildman–Crippen LogP) is 0.796. The van der Waals surface area contributed by atoms with Crippen molar-refractivity contribution in [3.05, 3.63) is 30.4 Å². The second-order valence-corrected chi connectivity index (χ2v) is 5.56. The van der Waals surface area contributed by atoms with E-state index < -0.39 is 10.0 Å². The van der Waals surface area contributed by atoms with Gasteiger partial charge in [0.1, 0.15) is 16.5 Å². The van der Waals surface area contributed by atoms with Crippen LogP contribution in [-0.2, 0) is 16.6 Å². The molecule has 0 saturated carbocycles. The van der Waals surface area contributed by atoms with E-state index in [1.165, 1.54) is 16.8 Å². The Morgan fingerprint density at radius 1 is 1.56 bits per heavy atom. The molecule has 0 spiro atoms. The zero-order chi connectivity index (χ0) is 13.2. The number of sulfonamides is 1. The van der Waals surface area contributed by atoms with E-state index in [1.807, 2.05) is 0 Å². The topological polar surface area (TPSA) is 105 Å². The van der Waals surface area contributed by atoms with Crippen LogP contribution in [0.2, 0.25) is 0 Å². The van der Waals surface area contributed by atoms with E-state index in [0.717, 1.165) is 0 Å². The zero-order valence-corrected chi connectivity index (χ0v) is 10.6. The van der Waals surface area contributed by atoms with Gasteiger partial charge in [0.15, 0.2) is 0 Å². The molecule has 0 aliphatic rings. The van der Waals surface area contributed by atoms with Crippen molar-refractivity contribution in [1.29, 1.82) is 0 Å². The molecular formula is C10H14N4O3S. The normalized spacial score (nSPS) is 12.1. The van der Waals surface area contributed by atoms with E-state index in [2.05, 4.69) is 10.2 Å². The summed E-state index contributed by atoms with van der Waals surface area (Å²) >= 11 is 0. The van der Waals surface area contributed by atoms with Gasteiger partial charge in [0, 0.05) is 6.54 Å². The summed E-state index contributed by atoms with van der Waals surface area (Å²) < 4.78 is 31.1. The largest absolute Gasteiger partial charge is 0.468 e. The molecule has 0 aromatic carbocycles. The number of aromatic amines is 1. The lowest BCUT2D eigenvalue weighted by Crippen LogP contribution is -2.30. The summed E-state index contributed by atoms with van der Waals surface area (Å²) in [7, 11) is -3.66. The monoisotopic (exact) mass is 270 g/mol. The standard InChI is InChI=1S/C10H14N4O3S/c1-2-14(7-8-4-3-5-17-8)18(15,16)9-6-12-13-10(9)11/h3-6H,2,7H2,1H3,(H3,11,12,13). The predicted molar refractivity (Wildman–Crippen MR) is 65.0 cm³/mol. The highest BCUT2D eigenvalue weighted by molar-refractivity contribution is 7.89. The molecule has 2 heterocycles. The second-order valence-electron chi connectivity index (χ2n) is 3.66. The first kappa shape index (κ1) is 12.7. The number of nitrogen functional groups attached to an aromatic ring is 1. The van der Waals surface area contributed by atoms with Crippen molar-refractivity contribution in [3.63, 3.8) is 0 Å². The van der Waals surface area contributed by atoms with Crippen molar-refractivity contribution >= 4 is 15.8 Å². The van der Waals surface area contributed by atoms with Crippen LogP contribution in [0.25, 0.3) is 0 Å². The molecule has 8 heteroatoms. The Kier molecular flexibility index (Phi) is 3.39. The van der Waals surface area contributed by atoms with Crippen LogP contribution < -0.4 is 5.73 Å². The van der Waals surface area contributed by atoms with E-state index in [-0.39, 0.29) is 17.3 Å². The smallest absolute Gasteiger partial charge is 0.248 e. The maximum atomic E-state index is 12.3. The molecule has 3 N–H and O–H groups in total. The Morgan fingerprint density at radius 2 is 2.33 bits per heavy atom. The summed E-state index contributed by atoms with van der Waals surface area (Å²) in [6.45, 7) is 2.22. The first-order valence-electron chi connectivity index (χ1n) is 5.37. The van der Waals surface area contributed by atoms with Crippen LogP contribution in [0.5, 0.6) is 0 Å². The number of nitrogens with two attached hydrogens (primary N) is 1. The Balaban J connectivity index is 2.30. The molecular weight excluding hydrogens is 256 g/mol. The average Bonchev–Trinajstić information content (AvgIpc) is 2.96. The highest BCUT2D eigenvalue weighted by Gasteiger charge is 2.27. The Bertz CT molecular complexity index is 603. The van der Waals surface area contributed by atoms with Crippen molar-refractivity contribution in [2.75, 3.05) is 12.3 Å². The van der Waals surface area contributed by atoms with Crippen LogP contribution in [0.4, 0.5) is 5.82 Å².